The summed E-state index contributed by atoms with van der Waals surface area (Å²) in [6, 6.07) is 10.4. The van der Waals surface area contributed by atoms with E-state index >= 15 is 0 Å². The van der Waals surface area contributed by atoms with Gasteiger partial charge in [0.25, 0.3) is 0 Å². The van der Waals surface area contributed by atoms with Gasteiger partial charge in [-0.3, -0.25) is 14.6 Å². The largest absolute Gasteiger partial charge is 0.410 e. The highest BCUT2D eigenvalue weighted by atomic mass is 32.1. The molecule has 0 unspecified atom stereocenters. The van der Waals surface area contributed by atoms with E-state index in [4.69, 9.17) is 5.21 Å². The molecule has 108 valence electrons. The van der Waals surface area contributed by atoms with Gasteiger partial charge < -0.3 is 5.21 Å². The summed E-state index contributed by atoms with van der Waals surface area (Å²) in [7, 11) is 0. The molecule has 1 aromatic rings. The zero-order valence-electron chi connectivity index (χ0n) is 11.3. The van der Waals surface area contributed by atoms with Crippen molar-refractivity contribution in [2.75, 3.05) is 32.7 Å². The van der Waals surface area contributed by atoms with Gasteiger partial charge in [-0.25, -0.2) is 0 Å². The summed E-state index contributed by atoms with van der Waals surface area (Å²) in [5, 5.41) is 11.3. The zero-order chi connectivity index (χ0) is 14.4. The normalized spacial score (nSPS) is 18.1. The highest BCUT2D eigenvalue weighted by Gasteiger charge is 2.20. The molecule has 0 saturated carbocycles. The molecule has 5 nitrogen and oxygen atoms in total. The van der Waals surface area contributed by atoms with Crippen molar-refractivity contribution in [1.82, 2.24) is 9.80 Å². The predicted octanol–water partition coefficient (Wildman–Crippen LogP) is 1.09. The van der Waals surface area contributed by atoms with Gasteiger partial charge in [0, 0.05) is 39.3 Å². The van der Waals surface area contributed by atoms with Gasteiger partial charge in [0.15, 0.2) is 0 Å². The Bertz CT molecular complexity index is 471. The molecule has 0 aliphatic carbocycles. The first-order chi connectivity index (χ1) is 9.69. The Morgan fingerprint density at radius 3 is 2.30 bits per heavy atom. The fourth-order valence-electron chi connectivity index (χ4n) is 2.30. The van der Waals surface area contributed by atoms with Crippen molar-refractivity contribution < 1.29 is 10.0 Å². The monoisotopic (exact) mass is 293 g/mol. The van der Waals surface area contributed by atoms with Crippen molar-refractivity contribution in [3.8, 4) is 0 Å². The lowest BCUT2D eigenvalue weighted by Gasteiger charge is -2.34. The first kappa shape index (κ1) is 15.0. The van der Waals surface area contributed by atoms with Gasteiger partial charge in [-0.15, -0.1) is 0 Å². The molecule has 6 heteroatoms. The van der Waals surface area contributed by atoms with E-state index in [1.807, 2.05) is 18.2 Å². The third-order valence-corrected chi connectivity index (χ3v) is 3.71. The van der Waals surface area contributed by atoms with Gasteiger partial charge in [0.05, 0.1) is 0 Å². The Morgan fingerprint density at radius 2 is 1.75 bits per heavy atom. The van der Waals surface area contributed by atoms with E-state index in [1.165, 1.54) is 5.56 Å². The van der Waals surface area contributed by atoms with Crippen LogP contribution in [0.4, 0.5) is 0 Å². The number of rotatable bonds is 5. The number of carbonyl (C=O) groups is 1. The predicted molar refractivity (Wildman–Crippen MR) is 81.4 cm³/mol. The van der Waals surface area contributed by atoms with Gasteiger partial charge in [-0.1, -0.05) is 48.1 Å². The molecule has 0 bridgehead atoms. The topological polar surface area (TPSA) is 56.1 Å². The molecule has 2 rings (SSSR count). The summed E-state index contributed by atoms with van der Waals surface area (Å²) in [4.78, 5) is 15.6. The molecule has 1 heterocycles. The smallest absolute Gasteiger partial charge is 0.235 e. The van der Waals surface area contributed by atoms with Crippen molar-refractivity contribution in [2.24, 2.45) is 5.16 Å². The Labute approximate surface area is 124 Å². The molecule has 1 aromatic carbocycles. The minimum Gasteiger partial charge on any atom is -0.410 e. The quantitative estimate of drug-likeness (QED) is 0.369. The molecule has 20 heavy (non-hydrogen) atoms. The molecule has 1 aliphatic rings. The van der Waals surface area contributed by atoms with Crippen LogP contribution in [0.25, 0.3) is 0 Å². The number of oxime groups is 1. The number of benzene rings is 1. The van der Waals surface area contributed by atoms with Crippen LogP contribution in [-0.2, 0) is 11.3 Å². The minimum atomic E-state index is -0.473. The Kier molecular flexibility index (Phi) is 5.58. The fraction of sp³-hybridized carbons (Fsp3) is 0.429. The van der Waals surface area contributed by atoms with E-state index < -0.39 is 5.12 Å². The van der Waals surface area contributed by atoms with Gasteiger partial charge in [-0.05, 0) is 5.56 Å². The zero-order valence-corrected chi connectivity index (χ0v) is 12.2. The van der Waals surface area contributed by atoms with Crippen LogP contribution in [-0.4, -0.2) is 58.6 Å². The molecule has 0 radical (unpaired) electrons. The summed E-state index contributed by atoms with van der Waals surface area (Å²) >= 11 is 3.69. The number of thiol groups is 1. The van der Waals surface area contributed by atoms with Gasteiger partial charge in [-0.2, -0.15) is 0 Å². The second-order valence-corrected chi connectivity index (χ2v) is 5.30. The van der Waals surface area contributed by atoms with Crippen LogP contribution >= 0.6 is 12.6 Å². The van der Waals surface area contributed by atoms with E-state index in [-0.39, 0.29) is 5.71 Å². The molecule has 1 N–H and O–H groups in total. The average molecular weight is 293 g/mol. The van der Waals surface area contributed by atoms with Gasteiger partial charge >= 0.3 is 0 Å². The van der Waals surface area contributed by atoms with Crippen molar-refractivity contribution in [3.05, 3.63) is 35.9 Å². The third kappa shape index (κ3) is 4.33. The molecular weight excluding hydrogens is 274 g/mol. The van der Waals surface area contributed by atoms with Crippen molar-refractivity contribution in [1.29, 1.82) is 0 Å². The Morgan fingerprint density at radius 1 is 1.15 bits per heavy atom. The SMILES string of the molecule is O=C(S)/C(CN1CCN(Cc2ccccc2)CC1)=N\O. The molecule has 0 aromatic heterocycles. The van der Waals surface area contributed by atoms with E-state index in [2.05, 4.69) is 39.7 Å². The molecule has 0 spiro atoms. The van der Waals surface area contributed by atoms with Crippen LogP contribution in [0.15, 0.2) is 35.5 Å². The number of nitrogens with zero attached hydrogens (tertiary/aromatic N) is 3. The molecular formula is C14H19N3O2S. The molecule has 1 aliphatic heterocycles. The first-order valence-corrected chi connectivity index (χ1v) is 7.06. The Hall–Kier alpha value is -1.37. The highest BCUT2D eigenvalue weighted by molar-refractivity contribution is 7.98. The number of hydrogen-bond donors (Lipinski definition) is 2. The van der Waals surface area contributed by atoms with E-state index in [9.17, 15) is 4.79 Å². The number of hydrogen-bond acceptors (Lipinski definition) is 5. The maximum atomic E-state index is 11.1. The lowest BCUT2D eigenvalue weighted by molar-refractivity contribution is -0.105. The van der Waals surface area contributed by atoms with Crippen LogP contribution < -0.4 is 0 Å². The number of piperazine rings is 1. The molecule has 1 saturated heterocycles. The summed E-state index contributed by atoms with van der Waals surface area (Å²) in [6.45, 7) is 4.89. The third-order valence-electron chi connectivity index (χ3n) is 3.45. The van der Waals surface area contributed by atoms with Crippen molar-refractivity contribution >= 4 is 23.5 Å². The molecule has 0 atom stereocenters. The highest BCUT2D eigenvalue weighted by Crippen LogP contribution is 2.08. The first-order valence-electron chi connectivity index (χ1n) is 6.62. The maximum absolute atomic E-state index is 11.1. The van der Waals surface area contributed by atoms with Crippen LogP contribution in [0.5, 0.6) is 0 Å². The summed E-state index contributed by atoms with van der Waals surface area (Å²) in [6.07, 6.45) is 0. The van der Waals surface area contributed by atoms with Crippen LogP contribution in [0.2, 0.25) is 0 Å². The minimum absolute atomic E-state index is 0.102. The average Bonchev–Trinajstić information content (AvgIpc) is 2.47. The van der Waals surface area contributed by atoms with Crippen LogP contribution in [0, 0.1) is 0 Å². The van der Waals surface area contributed by atoms with E-state index in [0.29, 0.717) is 6.54 Å². The molecule has 1 fully saturated rings. The van der Waals surface area contributed by atoms with Gasteiger partial charge in [0.1, 0.15) is 5.71 Å². The van der Waals surface area contributed by atoms with Crippen LogP contribution in [0.3, 0.4) is 0 Å². The lowest BCUT2D eigenvalue weighted by Crippen LogP contribution is -2.48. The second kappa shape index (κ2) is 7.42. The maximum Gasteiger partial charge on any atom is 0.235 e. The summed E-state index contributed by atoms with van der Waals surface area (Å²) in [5.41, 5.74) is 1.41. The van der Waals surface area contributed by atoms with Gasteiger partial charge in [0.2, 0.25) is 5.12 Å². The van der Waals surface area contributed by atoms with Crippen molar-refractivity contribution in [2.45, 2.75) is 6.54 Å². The van der Waals surface area contributed by atoms with Crippen molar-refractivity contribution in [3.63, 3.8) is 0 Å². The summed E-state index contributed by atoms with van der Waals surface area (Å²) < 4.78 is 0. The van der Waals surface area contributed by atoms with E-state index in [1.54, 1.807) is 0 Å². The Balaban J connectivity index is 1.79. The fourth-order valence-corrected chi connectivity index (χ4v) is 2.42. The second-order valence-electron chi connectivity index (χ2n) is 4.89. The lowest BCUT2D eigenvalue weighted by atomic mass is 10.2. The molecule has 0 amide bonds. The van der Waals surface area contributed by atoms with E-state index in [0.717, 1.165) is 32.7 Å². The van der Waals surface area contributed by atoms with Crippen LogP contribution in [0.1, 0.15) is 5.56 Å². The number of carbonyl (C=O) groups excluding carboxylic acids is 1. The standard InChI is InChI=1S/C14H19N3O2S/c18-14(20)13(15-19)11-17-8-6-16(7-9-17)10-12-4-2-1-3-5-12/h1-5,19H,6-11H2,(H,18,20)/b15-13-. The summed E-state index contributed by atoms with van der Waals surface area (Å²) in [5.74, 6) is 0.